The van der Waals surface area contributed by atoms with Crippen LogP contribution in [0.4, 0.5) is 0 Å². The summed E-state index contributed by atoms with van der Waals surface area (Å²) in [7, 11) is 0. The lowest BCUT2D eigenvalue weighted by Crippen LogP contribution is -2.69. The monoisotopic (exact) mass is 368 g/mol. The molecule has 0 radical (unpaired) electrons. The van der Waals surface area contributed by atoms with Crippen molar-refractivity contribution < 1.29 is 24.4 Å². The largest absolute Gasteiger partial charge is 0.391 e. The maximum atomic E-state index is 10.7. The lowest BCUT2D eigenvalue weighted by atomic mass is 9.43. The Morgan fingerprint density at radius 1 is 1.00 bits per heavy atom. The minimum atomic E-state index is -1.39. The van der Waals surface area contributed by atoms with Crippen LogP contribution in [0.15, 0.2) is 0 Å². The molecule has 2 aliphatic heterocycles. The van der Waals surface area contributed by atoms with E-state index in [1.54, 1.807) is 0 Å². The van der Waals surface area contributed by atoms with E-state index in [4.69, 9.17) is 14.2 Å². The zero-order chi connectivity index (χ0) is 19.0. The van der Waals surface area contributed by atoms with E-state index in [1.165, 1.54) is 0 Å². The Bertz CT molecular complexity index is 579. The molecular formula is C21H36O5. The summed E-state index contributed by atoms with van der Waals surface area (Å²) < 4.78 is 18.9. The highest BCUT2D eigenvalue weighted by Crippen LogP contribution is 2.68. The number of ether oxygens (including phenoxy) is 3. The van der Waals surface area contributed by atoms with Crippen LogP contribution >= 0.6 is 0 Å². The number of hydrogen-bond acceptors (Lipinski definition) is 5. The molecule has 0 aromatic carbocycles. The maximum Gasteiger partial charge on any atom is 0.189 e. The van der Waals surface area contributed by atoms with Crippen LogP contribution in [-0.4, -0.2) is 46.7 Å². The molecule has 5 nitrogen and oxygen atoms in total. The Morgan fingerprint density at radius 2 is 1.73 bits per heavy atom. The van der Waals surface area contributed by atoms with Gasteiger partial charge in [-0.2, -0.15) is 0 Å². The summed E-state index contributed by atoms with van der Waals surface area (Å²) in [6.45, 7) is 11.3. The molecule has 26 heavy (non-hydrogen) atoms. The van der Waals surface area contributed by atoms with E-state index < -0.39 is 11.6 Å². The van der Waals surface area contributed by atoms with Gasteiger partial charge in [-0.15, -0.1) is 0 Å². The van der Waals surface area contributed by atoms with Crippen LogP contribution in [-0.2, 0) is 14.2 Å². The number of aliphatic hydroxyl groups is 2. The highest BCUT2D eigenvalue weighted by Gasteiger charge is 2.70. The molecule has 150 valence electrons. The summed E-state index contributed by atoms with van der Waals surface area (Å²) in [6.07, 6.45) is 5.76. The molecule has 0 aromatic heterocycles. The summed E-state index contributed by atoms with van der Waals surface area (Å²) in [5.74, 6) is -1.12. The van der Waals surface area contributed by atoms with Gasteiger partial charge in [0.15, 0.2) is 11.6 Å². The van der Waals surface area contributed by atoms with E-state index in [1.807, 2.05) is 13.8 Å². The van der Waals surface area contributed by atoms with Crippen molar-refractivity contribution in [2.24, 2.45) is 22.7 Å². The molecule has 2 saturated carbocycles. The molecule has 2 N–H and O–H groups in total. The van der Waals surface area contributed by atoms with Gasteiger partial charge in [-0.3, -0.25) is 0 Å². The van der Waals surface area contributed by atoms with Gasteiger partial charge in [-0.25, -0.2) is 0 Å². The quantitative estimate of drug-likeness (QED) is 0.744. The van der Waals surface area contributed by atoms with E-state index in [-0.39, 0.29) is 29.1 Å². The van der Waals surface area contributed by atoms with E-state index in [0.717, 1.165) is 32.1 Å². The molecule has 7 atom stereocenters. The van der Waals surface area contributed by atoms with Crippen molar-refractivity contribution in [2.75, 3.05) is 13.2 Å². The summed E-state index contributed by atoms with van der Waals surface area (Å²) in [6, 6.07) is 0. The second-order valence-corrected chi connectivity index (χ2v) is 10.4. The van der Waals surface area contributed by atoms with Gasteiger partial charge in [-0.05, 0) is 57.8 Å². The standard InChI is InChI=1S/C21H36O5/c1-14-6-7-15-18(4)13-24-17(2,3)25-16(18)8-9-19(15,5)21(14)11-10-20(23,12-22)26-21/h14-16,22-23H,6-13H2,1-5H3/t14-,15?,16+,18+,19+,20?,21-/m1/s1. The zero-order valence-corrected chi connectivity index (χ0v) is 17.0. The fourth-order valence-electron chi connectivity index (χ4n) is 7.03. The SMILES string of the molecule is C[C@@H]1CCC2[C@]3(C)COC(C)(C)O[C@H]3CC[C@]2(C)[C@@]12CCC(O)(CO)O2. The minimum absolute atomic E-state index is 0.0427. The second-order valence-electron chi connectivity index (χ2n) is 10.4. The average Bonchev–Trinajstić information content (AvgIpc) is 2.94. The van der Waals surface area contributed by atoms with Gasteiger partial charge in [0.2, 0.25) is 0 Å². The van der Waals surface area contributed by atoms with Crippen molar-refractivity contribution in [1.82, 2.24) is 0 Å². The van der Waals surface area contributed by atoms with Crippen molar-refractivity contribution in [3.63, 3.8) is 0 Å². The summed E-state index contributed by atoms with van der Waals surface area (Å²) >= 11 is 0. The third-order valence-electron chi connectivity index (χ3n) is 8.54. The lowest BCUT2D eigenvalue weighted by molar-refractivity contribution is -0.366. The molecule has 0 aromatic rings. The molecule has 0 amide bonds. The molecule has 1 spiro atoms. The van der Waals surface area contributed by atoms with Gasteiger partial charge in [0.1, 0.15) is 0 Å². The Balaban J connectivity index is 1.71. The van der Waals surface area contributed by atoms with Crippen LogP contribution in [0.1, 0.15) is 73.1 Å². The molecule has 2 aliphatic carbocycles. The molecule has 2 unspecified atom stereocenters. The van der Waals surface area contributed by atoms with Gasteiger partial charge < -0.3 is 24.4 Å². The van der Waals surface area contributed by atoms with Gasteiger partial charge >= 0.3 is 0 Å². The van der Waals surface area contributed by atoms with Crippen LogP contribution in [0.3, 0.4) is 0 Å². The smallest absolute Gasteiger partial charge is 0.189 e. The maximum absolute atomic E-state index is 10.7. The minimum Gasteiger partial charge on any atom is -0.391 e. The first-order chi connectivity index (χ1) is 12.0. The highest BCUT2D eigenvalue weighted by molar-refractivity contribution is 5.17. The predicted octanol–water partition coefficient (Wildman–Crippen LogP) is 3.22. The Hall–Kier alpha value is -0.200. The first-order valence-electron chi connectivity index (χ1n) is 10.4. The fraction of sp³-hybridized carbons (Fsp3) is 1.00. The lowest BCUT2D eigenvalue weighted by Gasteiger charge is -2.67. The molecule has 2 heterocycles. The topological polar surface area (TPSA) is 68.2 Å². The van der Waals surface area contributed by atoms with Gasteiger partial charge in [0.05, 0.1) is 24.9 Å². The van der Waals surface area contributed by atoms with Gasteiger partial charge in [-0.1, -0.05) is 20.8 Å². The van der Waals surface area contributed by atoms with Crippen molar-refractivity contribution in [1.29, 1.82) is 0 Å². The normalized spacial score (nSPS) is 56.2. The molecule has 4 aliphatic rings. The van der Waals surface area contributed by atoms with Crippen LogP contribution < -0.4 is 0 Å². The summed E-state index contributed by atoms with van der Waals surface area (Å²) in [4.78, 5) is 0. The van der Waals surface area contributed by atoms with Crippen LogP contribution in [0.5, 0.6) is 0 Å². The number of aliphatic hydroxyl groups excluding tert-OH is 1. The number of hydrogen-bond donors (Lipinski definition) is 2. The summed E-state index contributed by atoms with van der Waals surface area (Å²) in [5.41, 5.74) is -0.475. The number of fused-ring (bicyclic) bond motifs is 4. The van der Waals surface area contributed by atoms with E-state index >= 15 is 0 Å². The second kappa shape index (κ2) is 5.66. The van der Waals surface area contributed by atoms with Gasteiger partial charge in [0.25, 0.3) is 0 Å². The average molecular weight is 369 g/mol. The Labute approximate surface area is 157 Å². The molecule has 2 saturated heterocycles. The molecule has 0 bridgehead atoms. The molecule has 5 heteroatoms. The van der Waals surface area contributed by atoms with E-state index in [2.05, 4.69) is 20.8 Å². The van der Waals surface area contributed by atoms with Crippen LogP contribution in [0.2, 0.25) is 0 Å². The molecular weight excluding hydrogens is 332 g/mol. The first kappa shape index (κ1) is 19.1. The third kappa shape index (κ3) is 2.40. The third-order valence-corrected chi connectivity index (χ3v) is 8.54. The zero-order valence-electron chi connectivity index (χ0n) is 17.0. The highest BCUT2D eigenvalue weighted by atomic mass is 16.7. The van der Waals surface area contributed by atoms with Gasteiger partial charge in [0, 0.05) is 17.3 Å². The van der Waals surface area contributed by atoms with E-state index in [0.29, 0.717) is 24.9 Å². The Morgan fingerprint density at radius 3 is 2.38 bits per heavy atom. The fourth-order valence-corrected chi connectivity index (χ4v) is 7.03. The predicted molar refractivity (Wildman–Crippen MR) is 97.3 cm³/mol. The molecule has 4 fully saturated rings. The van der Waals surface area contributed by atoms with Crippen molar-refractivity contribution >= 4 is 0 Å². The van der Waals surface area contributed by atoms with Crippen molar-refractivity contribution in [3.05, 3.63) is 0 Å². The van der Waals surface area contributed by atoms with E-state index in [9.17, 15) is 10.2 Å². The number of rotatable bonds is 1. The van der Waals surface area contributed by atoms with Crippen LogP contribution in [0.25, 0.3) is 0 Å². The molecule has 4 rings (SSSR count). The van der Waals surface area contributed by atoms with Crippen LogP contribution in [0, 0.1) is 22.7 Å². The van der Waals surface area contributed by atoms with Crippen molar-refractivity contribution in [2.45, 2.75) is 96.4 Å². The summed E-state index contributed by atoms with van der Waals surface area (Å²) in [5, 5.41) is 20.4. The van der Waals surface area contributed by atoms with Crippen molar-refractivity contribution in [3.8, 4) is 0 Å². The Kier molecular flexibility index (Phi) is 4.17. The first-order valence-corrected chi connectivity index (χ1v) is 10.4.